The van der Waals surface area contributed by atoms with Crippen molar-refractivity contribution in [2.45, 2.75) is 45.6 Å². The first-order valence-electron chi connectivity index (χ1n) is 6.98. The van der Waals surface area contributed by atoms with Crippen molar-refractivity contribution in [3.8, 4) is 5.88 Å². The van der Waals surface area contributed by atoms with Crippen LogP contribution in [0.5, 0.6) is 5.88 Å². The van der Waals surface area contributed by atoms with Crippen LogP contribution in [0.15, 0.2) is 18.2 Å². The Morgan fingerprint density at radius 1 is 1.28 bits per heavy atom. The molecule has 2 rings (SSSR count). The molecule has 0 aromatic carbocycles. The molecule has 1 aromatic heterocycles. The number of pyridine rings is 1. The van der Waals surface area contributed by atoms with E-state index in [4.69, 9.17) is 4.74 Å². The molecule has 1 saturated carbocycles. The monoisotopic (exact) mass is 248 g/mol. The Morgan fingerprint density at radius 2 is 2.06 bits per heavy atom. The molecule has 0 bridgehead atoms. The van der Waals surface area contributed by atoms with Gasteiger partial charge in [0.25, 0.3) is 0 Å². The minimum Gasteiger partial charge on any atom is -0.481 e. The minimum atomic E-state index is 0.554. The Morgan fingerprint density at radius 3 is 2.78 bits per heavy atom. The molecule has 3 heteroatoms. The Hall–Kier alpha value is -1.25. The molecule has 0 spiro atoms. The van der Waals surface area contributed by atoms with Crippen molar-refractivity contribution in [2.75, 3.05) is 12.4 Å². The summed E-state index contributed by atoms with van der Waals surface area (Å²) in [6.07, 6.45) is 5.28. The number of rotatable bonds is 4. The molecule has 1 fully saturated rings. The summed E-state index contributed by atoms with van der Waals surface area (Å²) in [5, 5.41) is 3.60. The molecule has 2 atom stereocenters. The fourth-order valence-corrected chi connectivity index (χ4v) is 2.94. The summed E-state index contributed by atoms with van der Waals surface area (Å²) in [6, 6.07) is 6.44. The molecule has 100 valence electrons. The van der Waals surface area contributed by atoms with E-state index in [-0.39, 0.29) is 0 Å². The topological polar surface area (TPSA) is 34.1 Å². The predicted molar refractivity (Wildman–Crippen MR) is 75.0 cm³/mol. The predicted octanol–water partition coefficient (Wildman–Crippen LogP) is 3.72. The highest BCUT2D eigenvalue weighted by atomic mass is 16.5. The lowest BCUT2D eigenvalue weighted by Crippen LogP contribution is -2.35. The molecule has 1 aliphatic rings. The van der Waals surface area contributed by atoms with E-state index >= 15 is 0 Å². The average Bonchev–Trinajstić information content (AvgIpc) is 2.39. The third-order valence-electron chi connectivity index (χ3n) is 3.94. The quantitative estimate of drug-likeness (QED) is 0.882. The molecular weight excluding hydrogens is 224 g/mol. The molecule has 1 aliphatic carbocycles. The number of aromatic nitrogens is 1. The number of nitrogens with zero attached hydrogens (tertiary/aromatic N) is 1. The third kappa shape index (κ3) is 3.15. The first-order chi connectivity index (χ1) is 8.70. The van der Waals surface area contributed by atoms with E-state index < -0.39 is 0 Å². The second kappa shape index (κ2) is 6.07. The van der Waals surface area contributed by atoms with E-state index in [1.165, 1.54) is 25.7 Å². The normalized spacial score (nSPS) is 24.0. The van der Waals surface area contributed by atoms with Crippen LogP contribution in [0.3, 0.4) is 0 Å². The molecule has 2 unspecified atom stereocenters. The Bertz CT molecular complexity index is 379. The number of ether oxygens (including phenoxy) is 1. The molecule has 1 N–H and O–H groups in total. The van der Waals surface area contributed by atoms with Gasteiger partial charge in [0.05, 0.1) is 7.11 Å². The fourth-order valence-electron chi connectivity index (χ4n) is 2.94. The number of anilines is 1. The molecule has 0 radical (unpaired) electrons. The summed E-state index contributed by atoms with van der Waals surface area (Å²) in [6.45, 7) is 4.65. The van der Waals surface area contributed by atoms with Crippen LogP contribution in [0.25, 0.3) is 0 Å². The van der Waals surface area contributed by atoms with Crippen molar-refractivity contribution in [3.63, 3.8) is 0 Å². The van der Waals surface area contributed by atoms with Crippen molar-refractivity contribution in [1.29, 1.82) is 0 Å². The van der Waals surface area contributed by atoms with Gasteiger partial charge in [-0.2, -0.15) is 4.98 Å². The summed E-state index contributed by atoms with van der Waals surface area (Å²) in [7, 11) is 1.66. The summed E-state index contributed by atoms with van der Waals surface area (Å²) in [5.41, 5.74) is 0. The van der Waals surface area contributed by atoms with E-state index in [1.807, 2.05) is 18.2 Å². The van der Waals surface area contributed by atoms with E-state index in [2.05, 4.69) is 24.1 Å². The standard InChI is InChI=1S/C15H24N2O/c1-11(2)12-7-4-5-8-13(12)16-14-9-6-10-15(17-14)18-3/h6,9-13H,4-5,7-8H2,1-3H3,(H,16,17). The Kier molecular flexibility index (Phi) is 4.45. The lowest BCUT2D eigenvalue weighted by Gasteiger charge is -2.35. The third-order valence-corrected chi connectivity index (χ3v) is 3.94. The number of hydrogen-bond donors (Lipinski definition) is 1. The van der Waals surface area contributed by atoms with Gasteiger partial charge in [-0.3, -0.25) is 0 Å². The van der Waals surface area contributed by atoms with Crippen LogP contribution in [-0.2, 0) is 0 Å². The van der Waals surface area contributed by atoms with Crippen LogP contribution in [0.1, 0.15) is 39.5 Å². The summed E-state index contributed by atoms with van der Waals surface area (Å²) in [5.74, 6) is 3.10. The molecule has 18 heavy (non-hydrogen) atoms. The van der Waals surface area contributed by atoms with Crippen LogP contribution in [0.2, 0.25) is 0 Å². The van der Waals surface area contributed by atoms with Gasteiger partial charge in [-0.05, 0) is 30.7 Å². The SMILES string of the molecule is COc1cccc(NC2CCCCC2C(C)C)n1. The summed E-state index contributed by atoms with van der Waals surface area (Å²) < 4.78 is 5.17. The molecule has 1 heterocycles. The maximum atomic E-state index is 5.17. The minimum absolute atomic E-state index is 0.554. The average molecular weight is 248 g/mol. The first-order valence-corrected chi connectivity index (χ1v) is 6.98. The van der Waals surface area contributed by atoms with Crippen LogP contribution in [-0.4, -0.2) is 18.1 Å². The second-order valence-electron chi connectivity index (χ2n) is 5.51. The van der Waals surface area contributed by atoms with Crippen LogP contribution in [0, 0.1) is 11.8 Å². The van der Waals surface area contributed by atoms with Crippen molar-refractivity contribution in [3.05, 3.63) is 18.2 Å². The maximum absolute atomic E-state index is 5.17. The maximum Gasteiger partial charge on any atom is 0.214 e. The van der Waals surface area contributed by atoms with Gasteiger partial charge in [0.15, 0.2) is 0 Å². The first kappa shape index (κ1) is 13.2. The van der Waals surface area contributed by atoms with E-state index in [9.17, 15) is 0 Å². The zero-order valence-electron chi connectivity index (χ0n) is 11.6. The van der Waals surface area contributed by atoms with Gasteiger partial charge in [-0.1, -0.05) is 32.8 Å². The van der Waals surface area contributed by atoms with E-state index in [1.54, 1.807) is 7.11 Å². The zero-order chi connectivity index (χ0) is 13.0. The molecule has 0 amide bonds. The smallest absolute Gasteiger partial charge is 0.214 e. The Labute approximate surface area is 110 Å². The van der Waals surface area contributed by atoms with Gasteiger partial charge in [0, 0.05) is 12.1 Å². The largest absolute Gasteiger partial charge is 0.481 e. The van der Waals surface area contributed by atoms with Crippen molar-refractivity contribution in [1.82, 2.24) is 4.98 Å². The number of methoxy groups -OCH3 is 1. The van der Waals surface area contributed by atoms with Gasteiger partial charge in [-0.15, -0.1) is 0 Å². The van der Waals surface area contributed by atoms with Gasteiger partial charge in [0.1, 0.15) is 5.82 Å². The van der Waals surface area contributed by atoms with Crippen LogP contribution < -0.4 is 10.1 Å². The molecule has 1 aromatic rings. The molecule has 0 aliphatic heterocycles. The fraction of sp³-hybridized carbons (Fsp3) is 0.667. The second-order valence-corrected chi connectivity index (χ2v) is 5.51. The molecule has 3 nitrogen and oxygen atoms in total. The van der Waals surface area contributed by atoms with Crippen molar-refractivity contribution in [2.24, 2.45) is 11.8 Å². The van der Waals surface area contributed by atoms with E-state index in [0.717, 1.165) is 17.7 Å². The highest BCUT2D eigenvalue weighted by Crippen LogP contribution is 2.32. The molecule has 0 saturated heterocycles. The van der Waals surface area contributed by atoms with Gasteiger partial charge >= 0.3 is 0 Å². The summed E-state index contributed by atoms with van der Waals surface area (Å²) >= 11 is 0. The Balaban J connectivity index is 2.05. The number of nitrogens with one attached hydrogen (secondary N) is 1. The van der Waals surface area contributed by atoms with E-state index in [0.29, 0.717) is 11.9 Å². The van der Waals surface area contributed by atoms with Gasteiger partial charge in [-0.25, -0.2) is 0 Å². The molecular formula is C15H24N2O. The van der Waals surface area contributed by atoms with Crippen LogP contribution in [0.4, 0.5) is 5.82 Å². The van der Waals surface area contributed by atoms with Crippen molar-refractivity contribution < 1.29 is 4.74 Å². The van der Waals surface area contributed by atoms with Crippen molar-refractivity contribution >= 4 is 5.82 Å². The zero-order valence-corrected chi connectivity index (χ0v) is 11.6. The lowest BCUT2D eigenvalue weighted by molar-refractivity contribution is 0.253. The van der Waals surface area contributed by atoms with Gasteiger partial charge < -0.3 is 10.1 Å². The highest BCUT2D eigenvalue weighted by molar-refractivity contribution is 5.38. The summed E-state index contributed by atoms with van der Waals surface area (Å²) in [4.78, 5) is 4.45. The highest BCUT2D eigenvalue weighted by Gasteiger charge is 2.27. The number of hydrogen-bond acceptors (Lipinski definition) is 3. The van der Waals surface area contributed by atoms with Crippen LogP contribution >= 0.6 is 0 Å². The lowest BCUT2D eigenvalue weighted by atomic mass is 9.78. The van der Waals surface area contributed by atoms with Gasteiger partial charge in [0.2, 0.25) is 5.88 Å².